The molecular weight excluding hydrogens is 348 g/mol. The molecule has 1 atom stereocenters. The summed E-state index contributed by atoms with van der Waals surface area (Å²) in [6, 6.07) is 13.6. The number of fused-ring (bicyclic) bond motifs is 1. The van der Waals surface area contributed by atoms with Crippen molar-refractivity contribution in [3.63, 3.8) is 0 Å². The van der Waals surface area contributed by atoms with Crippen LogP contribution in [0.4, 0.5) is 4.79 Å². The molecule has 0 radical (unpaired) electrons. The number of amides is 1. The van der Waals surface area contributed by atoms with Crippen molar-refractivity contribution in [3.8, 4) is 5.75 Å². The van der Waals surface area contributed by atoms with Crippen LogP contribution < -0.4 is 10.1 Å². The van der Waals surface area contributed by atoms with E-state index in [4.69, 9.17) is 9.47 Å². The average molecular weight is 368 g/mol. The third-order valence-corrected chi connectivity index (χ3v) is 4.22. The Balaban J connectivity index is 1.60. The fourth-order valence-corrected chi connectivity index (χ4v) is 2.78. The Morgan fingerprint density at radius 3 is 2.59 bits per heavy atom. The zero-order valence-corrected chi connectivity index (χ0v) is 14.8. The van der Waals surface area contributed by atoms with E-state index >= 15 is 0 Å². The zero-order chi connectivity index (χ0) is 19.2. The third-order valence-electron chi connectivity index (χ3n) is 4.22. The van der Waals surface area contributed by atoms with Crippen LogP contribution in [0, 0.1) is 0 Å². The number of carboxylic acids is 1. The number of hydrogen-bond donors (Lipinski definition) is 3. The summed E-state index contributed by atoms with van der Waals surface area (Å²) in [5.74, 6) is -0.422. The van der Waals surface area contributed by atoms with Crippen LogP contribution in [-0.2, 0) is 22.6 Å². The largest absolute Gasteiger partial charge is 0.497 e. The first-order chi connectivity index (χ1) is 13.1. The molecule has 140 valence electrons. The highest BCUT2D eigenvalue weighted by Crippen LogP contribution is 2.19. The first-order valence-corrected chi connectivity index (χ1v) is 8.41. The van der Waals surface area contributed by atoms with E-state index in [0.717, 1.165) is 22.0 Å². The van der Waals surface area contributed by atoms with E-state index in [0.29, 0.717) is 5.75 Å². The van der Waals surface area contributed by atoms with Gasteiger partial charge in [0.2, 0.25) is 0 Å². The molecule has 7 heteroatoms. The Hall–Kier alpha value is -3.48. The fourth-order valence-electron chi connectivity index (χ4n) is 2.78. The van der Waals surface area contributed by atoms with Crippen molar-refractivity contribution in [3.05, 3.63) is 65.9 Å². The maximum absolute atomic E-state index is 12.0. The van der Waals surface area contributed by atoms with Gasteiger partial charge in [-0.1, -0.05) is 30.3 Å². The van der Waals surface area contributed by atoms with Crippen LogP contribution in [0.5, 0.6) is 5.75 Å². The summed E-state index contributed by atoms with van der Waals surface area (Å²) >= 11 is 0. The molecule has 2 aromatic carbocycles. The highest BCUT2D eigenvalue weighted by atomic mass is 16.5. The number of rotatable bonds is 7. The van der Waals surface area contributed by atoms with Crippen molar-refractivity contribution >= 4 is 23.0 Å². The van der Waals surface area contributed by atoms with Crippen LogP contribution in [0.15, 0.2) is 54.7 Å². The van der Waals surface area contributed by atoms with Gasteiger partial charge in [-0.15, -0.1) is 0 Å². The minimum Gasteiger partial charge on any atom is -0.497 e. The van der Waals surface area contributed by atoms with Gasteiger partial charge in [0.15, 0.2) is 0 Å². The molecule has 0 aliphatic carbocycles. The van der Waals surface area contributed by atoms with Crippen molar-refractivity contribution in [2.24, 2.45) is 0 Å². The van der Waals surface area contributed by atoms with Crippen molar-refractivity contribution < 1.29 is 24.2 Å². The number of hydrogen-bond acceptors (Lipinski definition) is 4. The van der Waals surface area contributed by atoms with Gasteiger partial charge in [0.25, 0.3) is 0 Å². The van der Waals surface area contributed by atoms with Gasteiger partial charge < -0.3 is 24.9 Å². The van der Waals surface area contributed by atoms with Gasteiger partial charge in [-0.3, -0.25) is 0 Å². The van der Waals surface area contributed by atoms with E-state index in [1.165, 1.54) is 0 Å². The predicted octanol–water partition coefficient (Wildman–Crippen LogP) is 3.10. The van der Waals surface area contributed by atoms with Gasteiger partial charge in [0.05, 0.1) is 7.11 Å². The average Bonchev–Trinajstić information content (AvgIpc) is 3.09. The molecule has 0 bridgehead atoms. The minimum atomic E-state index is -1.12. The Kier molecular flexibility index (Phi) is 5.61. The van der Waals surface area contributed by atoms with Crippen molar-refractivity contribution in [2.75, 3.05) is 7.11 Å². The third kappa shape index (κ3) is 4.58. The molecule has 0 saturated carbocycles. The summed E-state index contributed by atoms with van der Waals surface area (Å²) in [6.07, 6.45) is 1.13. The molecule has 0 fully saturated rings. The molecule has 1 heterocycles. The van der Waals surface area contributed by atoms with Crippen LogP contribution in [0.1, 0.15) is 11.1 Å². The number of carboxylic acid groups (broad SMARTS) is 1. The number of carbonyl (C=O) groups excluding carboxylic acids is 1. The van der Waals surface area contributed by atoms with Crippen LogP contribution in [0.25, 0.3) is 10.9 Å². The van der Waals surface area contributed by atoms with Gasteiger partial charge in [-0.25, -0.2) is 9.59 Å². The normalized spacial score (nSPS) is 11.7. The van der Waals surface area contributed by atoms with Crippen molar-refractivity contribution in [2.45, 2.75) is 19.1 Å². The second-order valence-corrected chi connectivity index (χ2v) is 6.02. The minimum absolute atomic E-state index is 0.0370. The summed E-state index contributed by atoms with van der Waals surface area (Å²) in [4.78, 5) is 26.7. The van der Waals surface area contributed by atoms with Crippen molar-refractivity contribution in [1.29, 1.82) is 0 Å². The van der Waals surface area contributed by atoms with Gasteiger partial charge in [-0.05, 0) is 29.3 Å². The highest BCUT2D eigenvalue weighted by molar-refractivity contribution is 5.85. The molecule has 0 unspecified atom stereocenters. The van der Waals surface area contributed by atoms with Crippen LogP contribution in [-0.4, -0.2) is 35.3 Å². The quantitative estimate of drug-likeness (QED) is 0.595. The summed E-state index contributed by atoms with van der Waals surface area (Å²) < 4.78 is 10.2. The van der Waals surface area contributed by atoms with E-state index in [1.807, 2.05) is 24.3 Å². The predicted molar refractivity (Wildman–Crippen MR) is 99.7 cm³/mol. The molecule has 1 amide bonds. The highest BCUT2D eigenvalue weighted by Gasteiger charge is 2.22. The molecule has 1 aromatic heterocycles. The summed E-state index contributed by atoms with van der Waals surface area (Å²) in [7, 11) is 1.57. The molecule has 0 spiro atoms. The molecule has 3 rings (SSSR count). The molecule has 7 nitrogen and oxygen atoms in total. The van der Waals surface area contributed by atoms with Gasteiger partial charge in [-0.2, -0.15) is 0 Å². The SMILES string of the molecule is COc1ccc(COC(=O)N[C@@H](Cc2c[nH]c3ccccc23)C(=O)O)cc1. The molecule has 27 heavy (non-hydrogen) atoms. The molecular formula is C20H20N2O5. The van der Waals surface area contributed by atoms with E-state index in [9.17, 15) is 14.7 Å². The number of aliphatic carboxylic acids is 1. The molecule has 3 aromatic rings. The van der Waals surface area contributed by atoms with E-state index in [-0.39, 0.29) is 13.0 Å². The van der Waals surface area contributed by atoms with E-state index in [2.05, 4.69) is 10.3 Å². The van der Waals surface area contributed by atoms with Gasteiger partial charge >= 0.3 is 12.1 Å². The first-order valence-electron chi connectivity index (χ1n) is 8.41. The Morgan fingerprint density at radius 1 is 1.15 bits per heavy atom. The summed E-state index contributed by atoms with van der Waals surface area (Å²) in [5, 5.41) is 12.8. The lowest BCUT2D eigenvalue weighted by Crippen LogP contribution is -2.42. The number of para-hydroxylation sites is 1. The number of aromatic amines is 1. The molecule has 0 aliphatic rings. The zero-order valence-electron chi connectivity index (χ0n) is 14.8. The lowest BCUT2D eigenvalue weighted by atomic mass is 10.1. The molecule has 0 saturated heterocycles. The summed E-state index contributed by atoms with van der Waals surface area (Å²) in [6.45, 7) is 0.0370. The molecule has 0 aliphatic heterocycles. The lowest BCUT2D eigenvalue weighted by Gasteiger charge is -2.14. The van der Waals surface area contributed by atoms with Gasteiger partial charge in [0, 0.05) is 23.5 Å². The first kappa shape index (κ1) is 18.3. The second-order valence-electron chi connectivity index (χ2n) is 6.02. The molecule has 3 N–H and O–H groups in total. The van der Waals surface area contributed by atoms with Crippen LogP contribution >= 0.6 is 0 Å². The summed E-state index contributed by atoms with van der Waals surface area (Å²) in [5.41, 5.74) is 2.50. The maximum atomic E-state index is 12.0. The number of carbonyl (C=O) groups is 2. The number of nitrogens with one attached hydrogen (secondary N) is 2. The van der Waals surface area contributed by atoms with Crippen LogP contribution in [0.2, 0.25) is 0 Å². The van der Waals surface area contributed by atoms with Gasteiger partial charge in [0.1, 0.15) is 18.4 Å². The van der Waals surface area contributed by atoms with Crippen molar-refractivity contribution in [1.82, 2.24) is 10.3 Å². The Bertz CT molecular complexity index is 933. The topological polar surface area (TPSA) is 101 Å². The number of benzene rings is 2. The Morgan fingerprint density at radius 2 is 1.89 bits per heavy atom. The number of H-pyrrole nitrogens is 1. The second kappa shape index (κ2) is 8.27. The number of ether oxygens (including phenoxy) is 2. The smallest absolute Gasteiger partial charge is 0.408 e. The Labute approximate surface area is 155 Å². The number of aromatic nitrogens is 1. The fraction of sp³-hybridized carbons (Fsp3) is 0.200. The monoisotopic (exact) mass is 368 g/mol. The van der Waals surface area contributed by atoms with Crippen LogP contribution in [0.3, 0.4) is 0 Å². The van der Waals surface area contributed by atoms with E-state index in [1.54, 1.807) is 37.6 Å². The number of methoxy groups -OCH3 is 1. The maximum Gasteiger partial charge on any atom is 0.408 e. The standard InChI is InChI=1S/C20H20N2O5/c1-26-15-8-6-13(7-9-15)12-27-20(25)22-18(19(23)24)10-14-11-21-17-5-3-2-4-16(14)17/h2-9,11,18,21H,10,12H2,1H3,(H,22,25)(H,23,24)/t18-/m0/s1. The van der Waals surface area contributed by atoms with E-state index < -0.39 is 18.1 Å². The lowest BCUT2D eigenvalue weighted by molar-refractivity contribution is -0.139. The number of alkyl carbamates (subject to hydrolysis) is 1.